The molecule has 0 saturated carbocycles. The lowest BCUT2D eigenvalue weighted by molar-refractivity contribution is -0.127. The molecule has 1 atom stereocenters. The van der Waals surface area contributed by atoms with Gasteiger partial charge in [0, 0.05) is 31.7 Å². The molecule has 27 heavy (non-hydrogen) atoms. The lowest BCUT2D eigenvalue weighted by Gasteiger charge is -2.32. The van der Waals surface area contributed by atoms with E-state index in [-0.39, 0.29) is 23.8 Å². The Kier molecular flexibility index (Phi) is 6.29. The number of benzene rings is 1. The first kappa shape index (κ1) is 19.2. The molecule has 1 aliphatic heterocycles. The van der Waals surface area contributed by atoms with Gasteiger partial charge in [0.1, 0.15) is 17.6 Å². The van der Waals surface area contributed by atoms with Gasteiger partial charge in [-0.1, -0.05) is 18.2 Å². The van der Waals surface area contributed by atoms with Crippen LogP contribution in [0, 0.1) is 12.8 Å². The number of piperidine rings is 1. The molecule has 2 heterocycles. The van der Waals surface area contributed by atoms with Crippen LogP contribution in [0.3, 0.4) is 0 Å². The van der Waals surface area contributed by atoms with Crippen molar-refractivity contribution in [2.45, 2.75) is 25.8 Å². The van der Waals surface area contributed by atoms with Crippen LogP contribution in [0.2, 0.25) is 0 Å². The highest BCUT2D eigenvalue weighted by molar-refractivity contribution is 5.94. The zero-order valence-corrected chi connectivity index (χ0v) is 15.8. The molecule has 2 amide bonds. The van der Waals surface area contributed by atoms with Gasteiger partial charge in [-0.3, -0.25) is 9.59 Å². The standard InChI is InChI=1S/C21H26N2O4/c1-15-8-9-19(27-15)18(14-26-2)22-20(24)16-10-12-23(13-11-16)21(25)17-6-4-3-5-7-17/h3-9,16,18H,10-14H2,1-2H3,(H,22,24). The van der Waals surface area contributed by atoms with Gasteiger partial charge >= 0.3 is 0 Å². The van der Waals surface area contributed by atoms with Crippen LogP contribution < -0.4 is 5.32 Å². The summed E-state index contributed by atoms with van der Waals surface area (Å²) >= 11 is 0. The van der Waals surface area contributed by atoms with E-state index in [1.165, 1.54) is 0 Å². The summed E-state index contributed by atoms with van der Waals surface area (Å²) in [5, 5.41) is 3.03. The summed E-state index contributed by atoms with van der Waals surface area (Å²) in [5.74, 6) is 1.39. The largest absolute Gasteiger partial charge is 0.464 e. The molecular formula is C21H26N2O4. The topological polar surface area (TPSA) is 71.8 Å². The second kappa shape index (κ2) is 8.86. The molecule has 1 aromatic carbocycles. The van der Waals surface area contributed by atoms with Gasteiger partial charge in [-0.05, 0) is 44.0 Å². The molecule has 0 bridgehead atoms. The number of ether oxygens (including phenoxy) is 1. The molecular weight excluding hydrogens is 344 g/mol. The lowest BCUT2D eigenvalue weighted by Crippen LogP contribution is -2.44. The van der Waals surface area contributed by atoms with Crippen molar-refractivity contribution in [1.29, 1.82) is 0 Å². The van der Waals surface area contributed by atoms with Gasteiger partial charge in [-0.25, -0.2) is 0 Å². The Morgan fingerprint density at radius 3 is 2.48 bits per heavy atom. The quantitative estimate of drug-likeness (QED) is 0.849. The van der Waals surface area contributed by atoms with Crippen molar-refractivity contribution in [3.63, 3.8) is 0 Å². The Morgan fingerprint density at radius 2 is 1.89 bits per heavy atom. The number of hydrogen-bond acceptors (Lipinski definition) is 4. The molecule has 1 N–H and O–H groups in total. The highest BCUT2D eigenvalue weighted by atomic mass is 16.5. The third-order valence-electron chi connectivity index (χ3n) is 4.93. The van der Waals surface area contributed by atoms with Crippen LogP contribution >= 0.6 is 0 Å². The fourth-order valence-electron chi connectivity index (χ4n) is 3.40. The van der Waals surface area contributed by atoms with Crippen LogP contribution in [0.5, 0.6) is 0 Å². The number of nitrogens with one attached hydrogen (secondary N) is 1. The van der Waals surface area contributed by atoms with E-state index in [4.69, 9.17) is 9.15 Å². The molecule has 0 spiro atoms. The van der Waals surface area contributed by atoms with Crippen molar-refractivity contribution >= 4 is 11.8 Å². The molecule has 1 saturated heterocycles. The molecule has 1 aliphatic rings. The number of hydrogen-bond donors (Lipinski definition) is 1. The normalized spacial score (nSPS) is 16.1. The maximum absolute atomic E-state index is 12.7. The van der Waals surface area contributed by atoms with E-state index in [2.05, 4.69) is 5.32 Å². The third-order valence-corrected chi connectivity index (χ3v) is 4.93. The van der Waals surface area contributed by atoms with Crippen molar-refractivity contribution in [2.24, 2.45) is 5.92 Å². The van der Waals surface area contributed by atoms with Crippen LogP contribution in [0.1, 0.15) is 40.8 Å². The van der Waals surface area contributed by atoms with Crippen molar-refractivity contribution < 1.29 is 18.7 Å². The molecule has 0 radical (unpaired) electrons. The lowest BCUT2D eigenvalue weighted by atomic mass is 9.95. The van der Waals surface area contributed by atoms with Crippen molar-refractivity contribution in [2.75, 3.05) is 26.8 Å². The first-order valence-corrected chi connectivity index (χ1v) is 9.28. The number of furan rings is 1. The number of rotatable bonds is 6. The maximum Gasteiger partial charge on any atom is 0.253 e. The molecule has 1 aromatic heterocycles. The fraction of sp³-hybridized carbons (Fsp3) is 0.429. The van der Waals surface area contributed by atoms with Crippen LogP contribution in [-0.4, -0.2) is 43.5 Å². The number of methoxy groups -OCH3 is 1. The molecule has 6 heteroatoms. The number of carbonyl (C=O) groups is 2. The first-order valence-electron chi connectivity index (χ1n) is 9.28. The summed E-state index contributed by atoms with van der Waals surface area (Å²) < 4.78 is 10.9. The van der Waals surface area contributed by atoms with E-state index in [9.17, 15) is 9.59 Å². The maximum atomic E-state index is 12.7. The number of likely N-dealkylation sites (tertiary alicyclic amines) is 1. The number of nitrogens with zero attached hydrogens (tertiary/aromatic N) is 1. The van der Waals surface area contributed by atoms with Gasteiger partial charge in [-0.2, -0.15) is 0 Å². The van der Waals surface area contributed by atoms with Crippen molar-refractivity contribution in [3.05, 3.63) is 59.5 Å². The van der Waals surface area contributed by atoms with Gasteiger partial charge in [0.05, 0.1) is 6.61 Å². The van der Waals surface area contributed by atoms with Crippen LogP contribution in [-0.2, 0) is 9.53 Å². The van der Waals surface area contributed by atoms with E-state index in [0.29, 0.717) is 43.9 Å². The van der Waals surface area contributed by atoms with E-state index < -0.39 is 0 Å². The average molecular weight is 370 g/mol. The number of aryl methyl sites for hydroxylation is 1. The monoisotopic (exact) mass is 370 g/mol. The van der Waals surface area contributed by atoms with Gasteiger partial charge in [0.15, 0.2) is 0 Å². The summed E-state index contributed by atoms with van der Waals surface area (Å²) in [6.07, 6.45) is 1.31. The third kappa shape index (κ3) is 4.77. The van der Waals surface area contributed by atoms with E-state index in [1.54, 1.807) is 7.11 Å². The zero-order chi connectivity index (χ0) is 19.2. The highest BCUT2D eigenvalue weighted by Gasteiger charge is 2.29. The highest BCUT2D eigenvalue weighted by Crippen LogP contribution is 2.22. The fourth-order valence-corrected chi connectivity index (χ4v) is 3.40. The van der Waals surface area contributed by atoms with Crippen LogP contribution in [0.15, 0.2) is 46.9 Å². The Labute approximate surface area is 159 Å². The molecule has 144 valence electrons. The van der Waals surface area contributed by atoms with Crippen LogP contribution in [0.4, 0.5) is 0 Å². The summed E-state index contributed by atoms with van der Waals surface area (Å²) in [7, 11) is 1.60. The van der Waals surface area contributed by atoms with Gasteiger partial charge < -0.3 is 19.4 Å². The number of amides is 2. The average Bonchev–Trinajstić information content (AvgIpc) is 3.14. The van der Waals surface area contributed by atoms with Crippen LogP contribution in [0.25, 0.3) is 0 Å². The van der Waals surface area contributed by atoms with Gasteiger partial charge in [0.25, 0.3) is 5.91 Å². The Morgan fingerprint density at radius 1 is 1.19 bits per heavy atom. The smallest absolute Gasteiger partial charge is 0.253 e. The second-order valence-corrected chi connectivity index (χ2v) is 6.90. The Hall–Kier alpha value is -2.60. The molecule has 3 rings (SSSR count). The zero-order valence-electron chi connectivity index (χ0n) is 15.8. The SMILES string of the molecule is COCC(NC(=O)C1CCN(C(=O)c2ccccc2)CC1)c1ccc(C)o1. The minimum absolute atomic E-state index is 0.0158. The predicted octanol–water partition coefficient (Wildman–Crippen LogP) is 2.94. The van der Waals surface area contributed by atoms with E-state index >= 15 is 0 Å². The first-order chi connectivity index (χ1) is 13.1. The predicted molar refractivity (Wildman–Crippen MR) is 101 cm³/mol. The van der Waals surface area contributed by atoms with E-state index in [1.807, 2.05) is 54.3 Å². The summed E-state index contributed by atoms with van der Waals surface area (Å²) in [4.78, 5) is 27.0. The van der Waals surface area contributed by atoms with Gasteiger partial charge in [-0.15, -0.1) is 0 Å². The Balaban J connectivity index is 1.55. The molecule has 1 unspecified atom stereocenters. The minimum Gasteiger partial charge on any atom is -0.464 e. The van der Waals surface area contributed by atoms with Gasteiger partial charge in [0.2, 0.25) is 5.91 Å². The number of carbonyl (C=O) groups excluding carboxylic acids is 2. The van der Waals surface area contributed by atoms with Crippen molar-refractivity contribution in [3.8, 4) is 0 Å². The molecule has 2 aromatic rings. The summed E-state index contributed by atoms with van der Waals surface area (Å²) in [6, 6.07) is 12.7. The molecule has 1 fully saturated rings. The second-order valence-electron chi connectivity index (χ2n) is 6.90. The van der Waals surface area contributed by atoms with E-state index in [0.717, 1.165) is 5.76 Å². The molecule has 6 nitrogen and oxygen atoms in total. The minimum atomic E-state index is -0.305. The summed E-state index contributed by atoms with van der Waals surface area (Å²) in [6.45, 7) is 3.39. The molecule has 0 aliphatic carbocycles. The summed E-state index contributed by atoms with van der Waals surface area (Å²) in [5.41, 5.74) is 0.689. The van der Waals surface area contributed by atoms with Crippen molar-refractivity contribution in [1.82, 2.24) is 10.2 Å². The Bertz CT molecular complexity index is 763.